The number of hydrogen-bond acceptors (Lipinski definition) is 5. The third-order valence-corrected chi connectivity index (χ3v) is 3.71. The summed E-state index contributed by atoms with van der Waals surface area (Å²) in [6.45, 7) is 5.91. The van der Waals surface area contributed by atoms with Gasteiger partial charge in [0.1, 0.15) is 0 Å². The fraction of sp³-hybridized carbons (Fsp3) is 0.438. The number of benzene rings is 1. The molecule has 118 valence electrons. The number of carbonyl (C=O) groups excluding carboxylic acids is 1. The first-order chi connectivity index (χ1) is 10.3. The lowest BCUT2D eigenvalue weighted by atomic mass is 9.86. The Labute approximate surface area is 129 Å². The molecule has 2 aromatic rings. The predicted octanol–water partition coefficient (Wildman–Crippen LogP) is 2.22. The minimum absolute atomic E-state index is 0.0767. The summed E-state index contributed by atoms with van der Waals surface area (Å²) in [5, 5.41) is 13.3. The first-order valence-corrected chi connectivity index (χ1v) is 7.09. The third-order valence-electron chi connectivity index (χ3n) is 3.71. The zero-order valence-corrected chi connectivity index (χ0v) is 13.3. The minimum Gasteiger partial charge on any atom is -0.394 e. The van der Waals surface area contributed by atoms with Crippen LogP contribution in [0.2, 0.25) is 0 Å². The number of rotatable bonds is 4. The van der Waals surface area contributed by atoms with Gasteiger partial charge in [0.2, 0.25) is 12.2 Å². The van der Waals surface area contributed by atoms with Crippen LogP contribution in [0.1, 0.15) is 31.1 Å². The van der Waals surface area contributed by atoms with Gasteiger partial charge in [0, 0.05) is 18.2 Å². The van der Waals surface area contributed by atoms with E-state index in [0.29, 0.717) is 11.4 Å². The Morgan fingerprint density at radius 1 is 1.32 bits per heavy atom. The van der Waals surface area contributed by atoms with E-state index < -0.39 is 0 Å². The Bertz CT molecular complexity index is 615. The summed E-state index contributed by atoms with van der Waals surface area (Å²) in [7, 11) is 1.71. The second-order valence-corrected chi connectivity index (χ2v) is 6.31. The Morgan fingerprint density at radius 2 is 1.95 bits per heavy atom. The number of aliphatic hydroxyl groups excluding tert-OH is 1. The fourth-order valence-electron chi connectivity index (χ4n) is 2.38. The summed E-state index contributed by atoms with van der Waals surface area (Å²) in [5.74, 6) is 0.351. The molecule has 1 N–H and O–H groups in total. The molecule has 0 aliphatic rings. The molecule has 1 amide bonds. The lowest BCUT2D eigenvalue weighted by Crippen LogP contribution is -2.47. The van der Waals surface area contributed by atoms with Crippen molar-refractivity contribution < 1.29 is 14.4 Å². The van der Waals surface area contributed by atoms with Gasteiger partial charge in [-0.25, -0.2) is 0 Å². The molecule has 0 unspecified atom stereocenters. The highest BCUT2D eigenvalue weighted by Gasteiger charge is 2.30. The van der Waals surface area contributed by atoms with Crippen molar-refractivity contribution in [2.24, 2.45) is 5.41 Å². The Balaban J connectivity index is 2.19. The average Bonchev–Trinajstić information content (AvgIpc) is 3.00. The summed E-state index contributed by atoms with van der Waals surface area (Å²) in [5.41, 5.74) is 1.13. The quantitative estimate of drug-likeness (QED) is 0.936. The summed E-state index contributed by atoms with van der Waals surface area (Å²) in [6, 6.07) is 6.74. The van der Waals surface area contributed by atoms with E-state index in [9.17, 15) is 9.90 Å². The van der Waals surface area contributed by atoms with Crippen LogP contribution < -0.4 is 0 Å². The number of likely N-dealkylation sites (N-methyl/N-ethyl adjacent to an activating group) is 1. The van der Waals surface area contributed by atoms with Crippen LogP contribution >= 0.6 is 0 Å². The van der Waals surface area contributed by atoms with Gasteiger partial charge in [0.15, 0.2) is 0 Å². The van der Waals surface area contributed by atoms with Gasteiger partial charge in [0.25, 0.3) is 5.91 Å². The van der Waals surface area contributed by atoms with E-state index in [1.54, 1.807) is 36.2 Å². The van der Waals surface area contributed by atoms with Gasteiger partial charge in [-0.3, -0.25) is 4.79 Å². The van der Waals surface area contributed by atoms with Crippen LogP contribution in [0.25, 0.3) is 11.4 Å². The molecule has 2 rings (SSSR count). The molecular formula is C16H21N3O3. The predicted molar refractivity (Wildman–Crippen MR) is 82.2 cm³/mol. The molecule has 1 aromatic carbocycles. The standard InChI is InChI=1S/C16H21N3O3/c1-16(2,3)13(9-20)19(4)15(21)12-7-5-11(6-8-12)14-17-10-22-18-14/h5-8,10,13,20H,9H2,1-4H3/t13-/m1/s1. The van der Waals surface area contributed by atoms with Gasteiger partial charge >= 0.3 is 0 Å². The Morgan fingerprint density at radius 3 is 2.41 bits per heavy atom. The lowest BCUT2D eigenvalue weighted by molar-refractivity contribution is 0.0434. The van der Waals surface area contributed by atoms with Crippen LogP contribution in [0.5, 0.6) is 0 Å². The van der Waals surface area contributed by atoms with Crippen LogP contribution in [0.4, 0.5) is 0 Å². The third kappa shape index (κ3) is 3.33. The van der Waals surface area contributed by atoms with Crippen LogP contribution in [0.3, 0.4) is 0 Å². The minimum atomic E-state index is -0.253. The number of aliphatic hydroxyl groups is 1. The summed E-state index contributed by atoms with van der Waals surface area (Å²) in [4.78, 5) is 18.1. The van der Waals surface area contributed by atoms with E-state index in [4.69, 9.17) is 4.52 Å². The molecule has 0 saturated heterocycles. The zero-order chi connectivity index (χ0) is 16.3. The number of carbonyl (C=O) groups is 1. The van der Waals surface area contributed by atoms with Crippen molar-refractivity contribution in [1.29, 1.82) is 0 Å². The topological polar surface area (TPSA) is 79.5 Å². The first kappa shape index (κ1) is 16.2. The van der Waals surface area contributed by atoms with Crippen molar-refractivity contribution in [2.45, 2.75) is 26.8 Å². The van der Waals surface area contributed by atoms with E-state index in [1.807, 2.05) is 20.8 Å². The van der Waals surface area contributed by atoms with E-state index in [1.165, 1.54) is 6.39 Å². The number of aromatic nitrogens is 2. The van der Waals surface area contributed by atoms with Gasteiger partial charge in [-0.1, -0.05) is 38.1 Å². The molecule has 22 heavy (non-hydrogen) atoms. The second kappa shape index (κ2) is 6.27. The van der Waals surface area contributed by atoms with Crippen molar-refractivity contribution in [2.75, 3.05) is 13.7 Å². The van der Waals surface area contributed by atoms with Gasteiger partial charge in [0.05, 0.1) is 12.6 Å². The zero-order valence-electron chi connectivity index (χ0n) is 13.3. The number of nitrogens with zero attached hydrogens (tertiary/aromatic N) is 3. The molecule has 1 atom stereocenters. The Kier molecular flexibility index (Phi) is 4.61. The summed E-state index contributed by atoms with van der Waals surface area (Å²) >= 11 is 0. The van der Waals surface area contributed by atoms with E-state index in [2.05, 4.69) is 10.1 Å². The normalized spacial score (nSPS) is 13.0. The second-order valence-electron chi connectivity index (χ2n) is 6.31. The van der Waals surface area contributed by atoms with Crippen LogP contribution in [-0.4, -0.2) is 45.8 Å². The summed E-state index contributed by atoms with van der Waals surface area (Å²) < 4.78 is 4.70. The molecule has 0 spiro atoms. The highest BCUT2D eigenvalue weighted by atomic mass is 16.5. The lowest BCUT2D eigenvalue weighted by Gasteiger charge is -2.36. The molecule has 0 fully saturated rings. The van der Waals surface area contributed by atoms with Gasteiger partial charge < -0.3 is 14.5 Å². The highest BCUT2D eigenvalue weighted by molar-refractivity contribution is 5.94. The maximum Gasteiger partial charge on any atom is 0.253 e. The van der Waals surface area contributed by atoms with Crippen molar-refractivity contribution in [3.05, 3.63) is 36.2 Å². The van der Waals surface area contributed by atoms with E-state index in [-0.39, 0.29) is 24.0 Å². The van der Waals surface area contributed by atoms with Crippen molar-refractivity contribution in [1.82, 2.24) is 15.0 Å². The molecule has 0 aliphatic carbocycles. The van der Waals surface area contributed by atoms with Gasteiger partial charge in [-0.15, -0.1) is 0 Å². The maximum absolute atomic E-state index is 12.6. The van der Waals surface area contributed by atoms with Crippen LogP contribution in [0, 0.1) is 5.41 Å². The largest absolute Gasteiger partial charge is 0.394 e. The molecule has 6 nitrogen and oxygen atoms in total. The molecular weight excluding hydrogens is 282 g/mol. The molecule has 0 bridgehead atoms. The van der Waals surface area contributed by atoms with Crippen molar-refractivity contribution >= 4 is 5.91 Å². The monoisotopic (exact) mass is 303 g/mol. The van der Waals surface area contributed by atoms with Gasteiger partial charge in [-0.05, 0) is 17.5 Å². The highest BCUT2D eigenvalue weighted by Crippen LogP contribution is 2.25. The summed E-state index contributed by atoms with van der Waals surface area (Å²) in [6.07, 6.45) is 1.26. The van der Waals surface area contributed by atoms with Crippen molar-refractivity contribution in [3.63, 3.8) is 0 Å². The number of hydrogen-bond donors (Lipinski definition) is 1. The molecule has 1 aromatic heterocycles. The van der Waals surface area contributed by atoms with Gasteiger partial charge in [-0.2, -0.15) is 4.98 Å². The van der Waals surface area contributed by atoms with Crippen LogP contribution in [0.15, 0.2) is 35.2 Å². The molecule has 0 aliphatic heterocycles. The van der Waals surface area contributed by atoms with Crippen molar-refractivity contribution in [3.8, 4) is 11.4 Å². The average molecular weight is 303 g/mol. The maximum atomic E-state index is 12.6. The SMILES string of the molecule is CN(C(=O)c1ccc(-c2ncon2)cc1)[C@H](CO)C(C)(C)C. The van der Waals surface area contributed by atoms with E-state index >= 15 is 0 Å². The van der Waals surface area contributed by atoms with E-state index in [0.717, 1.165) is 5.56 Å². The molecule has 0 radical (unpaired) electrons. The number of amides is 1. The Hall–Kier alpha value is -2.21. The first-order valence-electron chi connectivity index (χ1n) is 7.09. The molecule has 0 saturated carbocycles. The molecule has 1 heterocycles. The molecule has 6 heteroatoms. The smallest absolute Gasteiger partial charge is 0.253 e. The van der Waals surface area contributed by atoms with Crippen LogP contribution in [-0.2, 0) is 0 Å². The fourth-order valence-corrected chi connectivity index (χ4v) is 2.38.